The van der Waals surface area contributed by atoms with Crippen LogP contribution < -0.4 is 10.6 Å². The van der Waals surface area contributed by atoms with Gasteiger partial charge >= 0.3 is 6.18 Å². The third kappa shape index (κ3) is 5.40. The highest BCUT2D eigenvalue weighted by Gasteiger charge is 2.33. The number of nitrogens with one attached hydrogen (secondary N) is 2. The van der Waals surface area contributed by atoms with Crippen molar-refractivity contribution in [2.45, 2.75) is 11.1 Å². The van der Waals surface area contributed by atoms with Crippen LogP contribution in [0.2, 0.25) is 5.02 Å². The molecule has 0 bridgehead atoms. The predicted octanol–water partition coefficient (Wildman–Crippen LogP) is 4.45. The topological polar surface area (TPSA) is 58.2 Å². The van der Waals surface area contributed by atoms with Gasteiger partial charge in [0.25, 0.3) is 5.91 Å². The van der Waals surface area contributed by atoms with Crippen molar-refractivity contribution in [2.75, 3.05) is 18.1 Å². The Labute approximate surface area is 157 Å². The molecule has 0 aliphatic heterocycles. The van der Waals surface area contributed by atoms with E-state index in [1.54, 1.807) is 24.3 Å². The lowest BCUT2D eigenvalue weighted by Crippen LogP contribution is -2.18. The van der Waals surface area contributed by atoms with Gasteiger partial charge in [-0.2, -0.15) is 13.2 Å². The molecular formula is C17H14ClF3N2O2S. The SMILES string of the molecule is CNC(=O)c1ccc(NC(=O)CSc2ccc(Cl)c(C(F)(F)F)c2)cc1. The van der Waals surface area contributed by atoms with E-state index in [1.807, 2.05) is 0 Å². The Bertz CT molecular complexity index is 811. The summed E-state index contributed by atoms with van der Waals surface area (Å²) in [4.78, 5) is 23.7. The highest BCUT2D eigenvalue weighted by Crippen LogP contribution is 2.37. The van der Waals surface area contributed by atoms with Gasteiger partial charge in [-0.15, -0.1) is 11.8 Å². The van der Waals surface area contributed by atoms with E-state index in [0.717, 1.165) is 23.9 Å². The first kappa shape index (κ1) is 20.1. The maximum absolute atomic E-state index is 12.8. The largest absolute Gasteiger partial charge is 0.417 e. The number of thioether (sulfide) groups is 1. The van der Waals surface area contributed by atoms with E-state index < -0.39 is 11.7 Å². The smallest absolute Gasteiger partial charge is 0.355 e. The van der Waals surface area contributed by atoms with Gasteiger partial charge in [-0.1, -0.05) is 11.6 Å². The minimum Gasteiger partial charge on any atom is -0.355 e. The van der Waals surface area contributed by atoms with Gasteiger partial charge in [0.15, 0.2) is 0 Å². The normalized spacial score (nSPS) is 11.1. The zero-order chi connectivity index (χ0) is 19.3. The minimum absolute atomic E-state index is 0.0733. The zero-order valence-electron chi connectivity index (χ0n) is 13.5. The number of hydrogen-bond acceptors (Lipinski definition) is 3. The van der Waals surface area contributed by atoms with Gasteiger partial charge in [-0.25, -0.2) is 0 Å². The van der Waals surface area contributed by atoms with Crippen molar-refractivity contribution in [3.05, 3.63) is 58.6 Å². The maximum atomic E-state index is 12.8. The zero-order valence-corrected chi connectivity index (χ0v) is 15.1. The van der Waals surface area contributed by atoms with Gasteiger partial charge in [0.1, 0.15) is 0 Å². The second kappa shape index (κ2) is 8.46. The van der Waals surface area contributed by atoms with Crippen LogP contribution in [0.5, 0.6) is 0 Å². The van der Waals surface area contributed by atoms with Gasteiger partial charge < -0.3 is 10.6 Å². The molecule has 2 aromatic carbocycles. The third-order valence-electron chi connectivity index (χ3n) is 3.27. The van der Waals surface area contributed by atoms with E-state index in [9.17, 15) is 22.8 Å². The molecule has 0 saturated carbocycles. The molecule has 0 spiro atoms. The van der Waals surface area contributed by atoms with Crippen molar-refractivity contribution in [3.63, 3.8) is 0 Å². The lowest BCUT2D eigenvalue weighted by molar-refractivity contribution is -0.137. The van der Waals surface area contributed by atoms with Crippen LogP contribution in [0.3, 0.4) is 0 Å². The molecule has 138 valence electrons. The Hall–Kier alpha value is -2.19. The summed E-state index contributed by atoms with van der Waals surface area (Å²) in [6, 6.07) is 9.73. The lowest BCUT2D eigenvalue weighted by atomic mass is 10.2. The predicted molar refractivity (Wildman–Crippen MR) is 95.6 cm³/mol. The molecule has 0 radical (unpaired) electrons. The summed E-state index contributed by atoms with van der Waals surface area (Å²) in [5.41, 5.74) is -0.00887. The van der Waals surface area contributed by atoms with Gasteiger partial charge in [-0.3, -0.25) is 9.59 Å². The average Bonchev–Trinajstić information content (AvgIpc) is 2.60. The van der Waals surface area contributed by atoms with Crippen molar-refractivity contribution in [1.82, 2.24) is 5.32 Å². The molecule has 0 fully saturated rings. The van der Waals surface area contributed by atoms with Gasteiger partial charge in [0.05, 0.1) is 16.3 Å². The summed E-state index contributed by atoms with van der Waals surface area (Å²) in [6.45, 7) is 0. The van der Waals surface area contributed by atoms with Crippen molar-refractivity contribution >= 4 is 40.9 Å². The Morgan fingerprint density at radius 3 is 2.35 bits per heavy atom. The second-order valence-electron chi connectivity index (χ2n) is 5.13. The fourth-order valence-electron chi connectivity index (χ4n) is 2.01. The molecule has 0 saturated heterocycles. The maximum Gasteiger partial charge on any atom is 0.417 e. The van der Waals surface area contributed by atoms with E-state index in [1.165, 1.54) is 13.1 Å². The van der Waals surface area contributed by atoms with Crippen LogP contribution in [0.15, 0.2) is 47.4 Å². The van der Waals surface area contributed by atoms with Crippen LogP contribution in [-0.2, 0) is 11.0 Å². The van der Waals surface area contributed by atoms with E-state index in [0.29, 0.717) is 11.3 Å². The number of benzene rings is 2. The lowest BCUT2D eigenvalue weighted by Gasteiger charge is -2.11. The van der Waals surface area contributed by atoms with Gasteiger partial charge in [0, 0.05) is 23.2 Å². The summed E-state index contributed by atoms with van der Waals surface area (Å²) < 4.78 is 38.5. The Morgan fingerprint density at radius 1 is 1.12 bits per heavy atom. The fourth-order valence-corrected chi connectivity index (χ4v) is 2.97. The first-order valence-electron chi connectivity index (χ1n) is 7.32. The molecule has 26 heavy (non-hydrogen) atoms. The first-order valence-corrected chi connectivity index (χ1v) is 8.68. The quantitative estimate of drug-likeness (QED) is 0.726. The average molecular weight is 403 g/mol. The van der Waals surface area contributed by atoms with Crippen LogP contribution >= 0.6 is 23.4 Å². The first-order chi connectivity index (χ1) is 12.2. The number of hydrogen-bond donors (Lipinski definition) is 2. The number of anilines is 1. The highest BCUT2D eigenvalue weighted by molar-refractivity contribution is 8.00. The molecule has 2 rings (SSSR count). The summed E-state index contributed by atoms with van der Waals surface area (Å²) >= 11 is 6.52. The van der Waals surface area contributed by atoms with Crippen LogP contribution in [0.1, 0.15) is 15.9 Å². The summed E-state index contributed by atoms with van der Waals surface area (Å²) in [5, 5.41) is 4.71. The number of carbonyl (C=O) groups is 2. The van der Waals surface area contributed by atoms with Gasteiger partial charge in [-0.05, 0) is 42.5 Å². The summed E-state index contributed by atoms with van der Waals surface area (Å²) in [5.74, 6) is -0.705. The Kier molecular flexibility index (Phi) is 6.55. The van der Waals surface area contributed by atoms with E-state index in [4.69, 9.17) is 11.6 Å². The Morgan fingerprint density at radius 2 is 1.77 bits per heavy atom. The molecule has 2 N–H and O–H groups in total. The van der Waals surface area contributed by atoms with E-state index in [-0.39, 0.29) is 27.5 Å². The summed E-state index contributed by atoms with van der Waals surface area (Å²) in [6.07, 6.45) is -4.55. The third-order valence-corrected chi connectivity index (χ3v) is 4.59. The van der Waals surface area contributed by atoms with Gasteiger partial charge in [0.2, 0.25) is 5.91 Å². The number of amides is 2. The molecule has 0 aromatic heterocycles. The summed E-state index contributed by atoms with van der Waals surface area (Å²) in [7, 11) is 1.51. The van der Waals surface area contributed by atoms with Crippen molar-refractivity contribution in [1.29, 1.82) is 0 Å². The molecule has 0 aliphatic carbocycles. The molecule has 2 aromatic rings. The fraction of sp³-hybridized carbons (Fsp3) is 0.176. The minimum atomic E-state index is -4.55. The number of halogens is 4. The van der Waals surface area contributed by atoms with Crippen LogP contribution in [0, 0.1) is 0 Å². The van der Waals surface area contributed by atoms with Crippen LogP contribution in [0.4, 0.5) is 18.9 Å². The van der Waals surface area contributed by atoms with E-state index >= 15 is 0 Å². The monoisotopic (exact) mass is 402 g/mol. The standard InChI is InChI=1S/C17H14ClF3N2O2S/c1-22-16(25)10-2-4-11(5-3-10)23-15(24)9-26-12-6-7-14(18)13(8-12)17(19,20)21/h2-8H,9H2,1H3,(H,22,25)(H,23,24). The molecule has 0 aliphatic rings. The number of carbonyl (C=O) groups excluding carboxylic acids is 2. The molecule has 9 heteroatoms. The van der Waals surface area contributed by atoms with Crippen LogP contribution in [0.25, 0.3) is 0 Å². The Balaban J connectivity index is 1.96. The van der Waals surface area contributed by atoms with Crippen molar-refractivity contribution < 1.29 is 22.8 Å². The molecule has 0 unspecified atom stereocenters. The second-order valence-corrected chi connectivity index (χ2v) is 6.59. The van der Waals surface area contributed by atoms with E-state index in [2.05, 4.69) is 10.6 Å². The molecule has 2 amide bonds. The number of alkyl halides is 3. The highest BCUT2D eigenvalue weighted by atomic mass is 35.5. The van der Waals surface area contributed by atoms with Crippen molar-refractivity contribution in [2.24, 2.45) is 0 Å². The number of rotatable bonds is 5. The molecule has 0 heterocycles. The van der Waals surface area contributed by atoms with Crippen LogP contribution in [-0.4, -0.2) is 24.6 Å². The molecule has 0 atom stereocenters. The molecule has 4 nitrogen and oxygen atoms in total. The van der Waals surface area contributed by atoms with Crippen molar-refractivity contribution in [3.8, 4) is 0 Å². The molecular weight excluding hydrogens is 389 g/mol.